The lowest BCUT2D eigenvalue weighted by Gasteiger charge is -2.09. The second-order valence-electron chi connectivity index (χ2n) is 3.75. The summed E-state index contributed by atoms with van der Waals surface area (Å²) in [6, 6.07) is 8.16. The SMILES string of the molecule is O=C(O)/C=C/c1cccnc1Oc1cc(Cl)ccc1Cl. The Labute approximate surface area is 125 Å². The van der Waals surface area contributed by atoms with Gasteiger partial charge in [-0.05, 0) is 30.3 Å². The van der Waals surface area contributed by atoms with E-state index >= 15 is 0 Å². The van der Waals surface area contributed by atoms with Gasteiger partial charge in [-0.2, -0.15) is 0 Å². The number of pyridine rings is 1. The van der Waals surface area contributed by atoms with E-state index in [0.29, 0.717) is 21.4 Å². The van der Waals surface area contributed by atoms with Crippen LogP contribution in [0.4, 0.5) is 0 Å². The zero-order valence-electron chi connectivity index (χ0n) is 10.1. The summed E-state index contributed by atoms with van der Waals surface area (Å²) >= 11 is 11.9. The standard InChI is InChI=1S/C14H9Cl2NO3/c15-10-4-5-11(16)12(8-10)20-14-9(2-1-7-17-14)3-6-13(18)19/h1-8H,(H,18,19)/b6-3+. The van der Waals surface area contributed by atoms with Crippen molar-refractivity contribution in [3.8, 4) is 11.6 Å². The maximum Gasteiger partial charge on any atom is 0.328 e. The highest BCUT2D eigenvalue weighted by Crippen LogP contribution is 2.32. The van der Waals surface area contributed by atoms with Gasteiger partial charge in [0.05, 0.1) is 5.02 Å². The third-order valence-corrected chi connectivity index (χ3v) is 2.85. The van der Waals surface area contributed by atoms with Gasteiger partial charge in [-0.25, -0.2) is 9.78 Å². The van der Waals surface area contributed by atoms with Crippen LogP contribution in [0.15, 0.2) is 42.6 Å². The molecule has 4 nitrogen and oxygen atoms in total. The average molecular weight is 310 g/mol. The molecule has 0 spiro atoms. The summed E-state index contributed by atoms with van der Waals surface area (Å²) in [7, 11) is 0. The largest absolute Gasteiger partial charge is 0.478 e. The first-order valence-corrected chi connectivity index (χ1v) is 6.31. The number of hydrogen-bond donors (Lipinski definition) is 1. The number of halogens is 2. The Kier molecular flexibility index (Phi) is 4.61. The monoisotopic (exact) mass is 309 g/mol. The van der Waals surface area contributed by atoms with E-state index in [4.69, 9.17) is 33.0 Å². The molecule has 0 aliphatic heterocycles. The van der Waals surface area contributed by atoms with Crippen molar-refractivity contribution in [1.82, 2.24) is 4.98 Å². The first-order valence-electron chi connectivity index (χ1n) is 5.55. The van der Waals surface area contributed by atoms with Crippen molar-refractivity contribution in [2.24, 2.45) is 0 Å². The normalized spacial score (nSPS) is 10.7. The quantitative estimate of drug-likeness (QED) is 0.856. The zero-order chi connectivity index (χ0) is 14.5. The highest BCUT2D eigenvalue weighted by Gasteiger charge is 2.08. The Balaban J connectivity index is 2.34. The van der Waals surface area contributed by atoms with E-state index in [1.54, 1.807) is 30.3 Å². The van der Waals surface area contributed by atoms with Crippen molar-refractivity contribution in [3.05, 3.63) is 58.2 Å². The lowest BCUT2D eigenvalue weighted by atomic mass is 10.2. The second kappa shape index (κ2) is 6.41. The van der Waals surface area contributed by atoms with Gasteiger partial charge in [0, 0.05) is 28.9 Å². The predicted molar refractivity (Wildman–Crippen MR) is 77.4 cm³/mol. The Morgan fingerprint density at radius 2 is 2.10 bits per heavy atom. The third kappa shape index (κ3) is 3.73. The summed E-state index contributed by atoms with van der Waals surface area (Å²) in [5, 5.41) is 9.51. The zero-order valence-corrected chi connectivity index (χ0v) is 11.6. The van der Waals surface area contributed by atoms with Gasteiger partial charge in [0.2, 0.25) is 5.88 Å². The maximum absolute atomic E-state index is 10.6. The fourth-order valence-corrected chi connectivity index (χ4v) is 1.75. The molecule has 1 aromatic heterocycles. The number of aromatic nitrogens is 1. The first-order chi connectivity index (χ1) is 9.56. The van der Waals surface area contributed by atoms with E-state index in [1.807, 2.05) is 0 Å². The van der Waals surface area contributed by atoms with Crippen molar-refractivity contribution in [3.63, 3.8) is 0 Å². The number of hydrogen-bond acceptors (Lipinski definition) is 3. The molecular formula is C14H9Cl2NO3. The minimum absolute atomic E-state index is 0.245. The molecule has 0 aliphatic rings. The van der Waals surface area contributed by atoms with E-state index in [9.17, 15) is 4.79 Å². The van der Waals surface area contributed by atoms with Gasteiger partial charge in [0.25, 0.3) is 0 Å². The molecule has 0 fully saturated rings. The molecule has 1 N–H and O–H groups in total. The molecule has 6 heteroatoms. The molecule has 2 aromatic rings. The summed E-state index contributed by atoms with van der Waals surface area (Å²) < 4.78 is 5.58. The van der Waals surface area contributed by atoms with E-state index in [-0.39, 0.29) is 5.88 Å². The van der Waals surface area contributed by atoms with Crippen LogP contribution in [0.1, 0.15) is 5.56 Å². The van der Waals surface area contributed by atoms with E-state index < -0.39 is 5.97 Å². The highest BCUT2D eigenvalue weighted by molar-refractivity contribution is 6.34. The van der Waals surface area contributed by atoms with Gasteiger partial charge < -0.3 is 9.84 Å². The molecule has 0 atom stereocenters. The molecule has 1 heterocycles. The van der Waals surface area contributed by atoms with E-state index in [2.05, 4.69) is 4.98 Å². The molecule has 0 bridgehead atoms. The van der Waals surface area contributed by atoms with Crippen LogP contribution in [0.3, 0.4) is 0 Å². The number of benzene rings is 1. The molecule has 0 radical (unpaired) electrons. The molecule has 0 saturated carbocycles. The van der Waals surface area contributed by atoms with E-state index in [0.717, 1.165) is 6.08 Å². The minimum atomic E-state index is -1.06. The molecule has 0 unspecified atom stereocenters. The third-order valence-electron chi connectivity index (χ3n) is 2.31. The van der Waals surface area contributed by atoms with Gasteiger partial charge in [-0.1, -0.05) is 23.2 Å². The number of carbonyl (C=O) groups is 1. The van der Waals surface area contributed by atoms with Crippen LogP contribution in [0.25, 0.3) is 6.08 Å². The molecule has 20 heavy (non-hydrogen) atoms. The van der Waals surface area contributed by atoms with Crippen molar-refractivity contribution in [2.45, 2.75) is 0 Å². The van der Waals surface area contributed by atoms with Gasteiger partial charge >= 0.3 is 5.97 Å². The molecule has 0 saturated heterocycles. The van der Waals surface area contributed by atoms with Crippen molar-refractivity contribution < 1.29 is 14.6 Å². The fourth-order valence-electron chi connectivity index (χ4n) is 1.44. The van der Waals surface area contributed by atoms with Gasteiger partial charge in [0.15, 0.2) is 0 Å². The highest BCUT2D eigenvalue weighted by atomic mass is 35.5. The van der Waals surface area contributed by atoms with Crippen LogP contribution < -0.4 is 4.74 Å². The topological polar surface area (TPSA) is 59.4 Å². The van der Waals surface area contributed by atoms with Gasteiger partial charge in [0.1, 0.15) is 5.75 Å². The van der Waals surface area contributed by atoms with Crippen LogP contribution in [0.5, 0.6) is 11.6 Å². The first kappa shape index (κ1) is 14.4. The number of nitrogens with zero attached hydrogens (tertiary/aromatic N) is 1. The number of carboxylic acid groups (broad SMARTS) is 1. The van der Waals surface area contributed by atoms with Crippen molar-refractivity contribution >= 4 is 35.2 Å². The predicted octanol–water partition coefficient (Wildman–Crippen LogP) is 4.28. The summed E-state index contributed by atoms with van der Waals surface area (Å²) in [4.78, 5) is 14.6. The van der Waals surface area contributed by atoms with Crippen LogP contribution in [0.2, 0.25) is 10.0 Å². The summed E-state index contributed by atoms with van der Waals surface area (Å²) in [5.41, 5.74) is 0.519. The Morgan fingerprint density at radius 1 is 1.30 bits per heavy atom. The Bertz CT molecular complexity index is 671. The molecule has 2 rings (SSSR count). The number of rotatable bonds is 4. The van der Waals surface area contributed by atoms with Gasteiger partial charge in [-0.3, -0.25) is 0 Å². The Hall–Kier alpha value is -2.04. The minimum Gasteiger partial charge on any atom is -0.478 e. The number of carboxylic acids is 1. The van der Waals surface area contributed by atoms with Crippen LogP contribution >= 0.6 is 23.2 Å². The molecule has 0 amide bonds. The van der Waals surface area contributed by atoms with Crippen molar-refractivity contribution in [2.75, 3.05) is 0 Å². The average Bonchev–Trinajstić information content (AvgIpc) is 2.42. The lowest BCUT2D eigenvalue weighted by Crippen LogP contribution is -1.92. The van der Waals surface area contributed by atoms with Gasteiger partial charge in [-0.15, -0.1) is 0 Å². The maximum atomic E-state index is 10.6. The molecule has 1 aromatic carbocycles. The summed E-state index contributed by atoms with van der Waals surface area (Å²) in [5.74, 6) is -0.461. The van der Waals surface area contributed by atoms with E-state index in [1.165, 1.54) is 12.3 Å². The number of ether oxygens (including phenoxy) is 1. The fraction of sp³-hybridized carbons (Fsp3) is 0. The smallest absolute Gasteiger partial charge is 0.328 e. The molecule has 0 aliphatic carbocycles. The van der Waals surface area contributed by atoms with Crippen LogP contribution in [-0.2, 0) is 4.79 Å². The summed E-state index contributed by atoms with van der Waals surface area (Å²) in [6.45, 7) is 0. The van der Waals surface area contributed by atoms with Crippen LogP contribution in [-0.4, -0.2) is 16.1 Å². The Morgan fingerprint density at radius 3 is 2.85 bits per heavy atom. The van der Waals surface area contributed by atoms with Crippen LogP contribution in [0, 0.1) is 0 Å². The second-order valence-corrected chi connectivity index (χ2v) is 4.59. The molecule has 102 valence electrons. The molecular weight excluding hydrogens is 301 g/mol. The van der Waals surface area contributed by atoms with Crippen molar-refractivity contribution in [1.29, 1.82) is 0 Å². The number of aliphatic carboxylic acids is 1. The lowest BCUT2D eigenvalue weighted by molar-refractivity contribution is -0.131. The summed E-state index contributed by atoms with van der Waals surface area (Å²) in [6.07, 6.45) is 3.93.